The Labute approximate surface area is 177 Å². The number of anilines is 1. The average Bonchev–Trinajstić information content (AvgIpc) is 3.10. The highest BCUT2D eigenvalue weighted by Gasteiger charge is 2.15. The Kier molecular flexibility index (Phi) is 6.44. The molecular formula is C20H18Cl2N2O3S. The summed E-state index contributed by atoms with van der Waals surface area (Å²) in [5.74, 6) is 0.976. The van der Waals surface area contributed by atoms with E-state index in [1.807, 2.05) is 18.4 Å². The summed E-state index contributed by atoms with van der Waals surface area (Å²) in [6.07, 6.45) is 0.131. The van der Waals surface area contributed by atoms with Crippen LogP contribution in [0.1, 0.15) is 11.3 Å². The minimum Gasteiger partial charge on any atom is -0.493 e. The average molecular weight is 437 g/mol. The van der Waals surface area contributed by atoms with Crippen molar-refractivity contribution in [2.75, 3.05) is 19.5 Å². The van der Waals surface area contributed by atoms with Gasteiger partial charge in [0.1, 0.15) is 5.01 Å². The topological polar surface area (TPSA) is 60.5 Å². The Morgan fingerprint density at radius 3 is 2.43 bits per heavy atom. The second-order valence-electron chi connectivity index (χ2n) is 5.99. The number of carbonyl (C=O) groups excluding carboxylic acids is 1. The predicted octanol–water partition coefficient (Wildman–Crippen LogP) is 5.62. The number of methoxy groups -OCH3 is 2. The maximum absolute atomic E-state index is 12.5. The minimum absolute atomic E-state index is 0.131. The number of aryl methyl sites for hydroxylation is 1. The molecule has 3 rings (SSSR count). The number of benzene rings is 2. The summed E-state index contributed by atoms with van der Waals surface area (Å²) < 4.78 is 10.6. The van der Waals surface area contributed by atoms with Crippen LogP contribution in [-0.4, -0.2) is 25.1 Å². The molecule has 5 nitrogen and oxygen atoms in total. The molecule has 0 bridgehead atoms. The first-order valence-corrected chi connectivity index (χ1v) is 9.97. The SMILES string of the molecule is COc1cc(C)c(NC(=O)Cc2csc(-c3c(Cl)cccc3Cl)n2)cc1OC. The van der Waals surface area contributed by atoms with Gasteiger partial charge in [-0.1, -0.05) is 29.3 Å². The van der Waals surface area contributed by atoms with Gasteiger partial charge in [-0.3, -0.25) is 4.79 Å². The van der Waals surface area contributed by atoms with E-state index in [-0.39, 0.29) is 12.3 Å². The zero-order valence-corrected chi connectivity index (χ0v) is 17.8. The van der Waals surface area contributed by atoms with Crippen LogP contribution in [0.4, 0.5) is 5.69 Å². The number of nitrogens with zero attached hydrogens (tertiary/aromatic N) is 1. The summed E-state index contributed by atoms with van der Waals surface area (Å²) >= 11 is 13.9. The van der Waals surface area contributed by atoms with Crippen LogP contribution in [0.25, 0.3) is 10.6 Å². The molecule has 2 aromatic carbocycles. The third-order valence-corrected chi connectivity index (χ3v) is 5.61. The maximum Gasteiger partial charge on any atom is 0.230 e. The maximum atomic E-state index is 12.5. The molecule has 28 heavy (non-hydrogen) atoms. The van der Waals surface area contributed by atoms with E-state index in [0.29, 0.717) is 43.5 Å². The fraction of sp³-hybridized carbons (Fsp3) is 0.200. The highest BCUT2D eigenvalue weighted by Crippen LogP contribution is 2.36. The minimum atomic E-state index is -0.183. The molecule has 0 radical (unpaired) electrons. The molecule has 8 heteroatoms. The summed E-state index contributed by atoms with van der Waals surface area (Å²) in [4.78, 5) is 17.0. The van der Waals surface area contributed by atoms with E-state index in [1.54, 1.807) is 38.5 Å². The first kappa shape index (κ1) is 20.5. The summed E-state index contributed by atoms with van der Waals surface area (Å²) in [6.45, 7) is 1.89. The van der Waals surface area contributed by atoms with Gasteiger partial charge in [0.05, 0.1) is 36.4 Å². The molecule has 1 aromatic heterocycles. The van der Waals surface area contributed by atoms with Gasteiger partial charge in [-0.05, 0) is 30.7 Å². The molecule has 1 N–H and O–H groups in total. The van der Waals surface area contributed by atoms with Crippen LogP contribution in [0.3, 0.4) is 0 Å². The lowest BCUT2D eigenvalue weighted by atomic mass is 10.1. The Morgan fingerprint density at radius 2 is 1.79 bits per heavy atom. The first-order chi connectivity index (χ1) is 13.4. The van der Waals surface area contributed by atoms with Crippen LogP contribution in [-0.2, 0) is 11.2 Å². The standard InChI is InChI=1S/C20H18Cl2N2O3S/c1-11-7-16(26-2)17(27-3)9-15(11)24-18(25)8-12-10-28-20(23-12)19-13(21)5-4-6-14(19)22/h4-7,9-10H,8H2,1-3H3,(H,24,25). The van der Waals surface area contributed by atoms with Crippen molar-refractivity contribution in [2.45, 2.75) is 13.3 Å². The lowest BCUT2D eigenvalue weighted by Gasteiger charge is -2.13. The van der Waals surface area contributed by atoms with Gasteiger partial charge in [-0.15, -0.1) is 11.3 Å². The Balaban J connectivity index is 1.75. The third kappa shape index (κ3) is 4.41. The van der Waals surface area contributed by atoms with Crippen molar-refractivity contribution < 1.29 is 14.3 Å². The zero-order chi connectivity index (χ0) is 20.3. The predicted molar refractivity (Wildman–Crippen MR) is 114 cm³/mol. The number of rotatable bonds is 6. The van der Waals surface area contributed by atoms with Crippen molar-refractivity contribution in [3.05, 3.63) is 57.0 Å². The van der Waals surface area contributed by atoms with Crippen LogP contribution in [0.2, 0.25) is 10.0 Å². The van der Waals surface area contributed by atoms with Crippen molar-refractivity contribution in [1.29, 1.82) is 0 Å². The molecule has 3 aromatic rings. The monoisotopic (exact) mass is 436 g/mol. The van der Waals surface area contributed by atoms with Gasteiger partial charge in [-0.2, -0.15) is 0 Å². The lowest BCUT2D eigenvalue weighted by Crippen LogP contribution is -2.15. The van der Waals surface area contributed by atoms with Crippen LogP contribution in [0.15, 0.2) is 35.7 Å². The fourth-order valence-corrected chi connectivity index (χ4v) is 4.26. The van der Waals surface area contributed by atoms with Crippen molar-refractivity contribution in [3.8, 4) is 22.1 Å². The summed E-state index contributed by atoms with van der Waals surface area (Å²) in [6, 6.07) is 8.85. The smallest absolute Gasteiger partial charge is 0.230 e. The van der Waals surface area contributed by atoms with E-state index in [0.717, 1.165) is 5.56 Å². The van der Waals surface area contributed by atoms with Crippen molar-refractivity contribution in [1.82, 2.24) is 4.98 Å². The zero-order valence-electron chi connectivity index (χ0n) is 15.5. The van der Waals surface area contributed by atoms with Gasteiger partial charge in [0, 0.05) is 22.7 Å². The number of hydrogen-bond donors (Lipinski definition) is 1. The van der Waals surface area contributed by atoms with Gasteiger partial charge in [0.25, 0.3) is 0 Å². The molecule has 1 amide bonds. The van der Waals surface area contributed by atoms with Crippen molar-refractivity contribution in [2.24, 2.45) is 0 Å². The normalized spacial score (nSPS) is 10.6. The molecule has 0 aliphatic rings. The molecule has 0 atom stereocenters. The third-order valence-electron chi connectivity index (χ3n) is 4.07. The second-order valence-corrected chi connectivity index (χ2v) is 7.66. The summed E-state index contributed by atoms with van der Waals surface area (Å²) in [5.41, 5.74) is 2.85. The van der Waals surface area contributed by atoms with E-state index in [2.05, 4.69) is 10.3 Å². The van der Waals surface area contributed by atoms with Crippen LogP contribution >= 0.6 is 34.5 Å². The first-order valence-electron chi connectivity index (χ1n) is 8.34. The van der Waals surface area contributed by atoms with Crippen molar-refractivity contribution in [3.63, 3.8) is 0 Å². The molecule has 0 saturated carbocycles. The Bertz CT molecular complexity index is 1000. The number of hydrogen-bond acceptors (Lipinski definition) is 5. The van der Waals surface area contributed by atoms with E-state index in [1.165, 1.54) is 11.3 Å². The van der Waals surface area contributed by atoms with E-state index in [4.69, 9.17) is 32.7 Å². The Morgan fingerprint density at radius 1 is 1.14 bits per heavy atom. The fourth-order valence-electron chi connectivity index (χ4n) is 2.68. The van der Waals surface area contributed by atoms with Gasteiger partial charge >= 0.3 is 0 Å². The van der Waals surface area contributed by atoms with Crippen LogP contribution in [0.5, 0.6) is 11.5 Å². The molecule has 0 aliphatic heterocycles. The molecular weight excluding hydrogens is 419 g/mol. The molecule has 0 fully saturated rings. The summed E-state index contributed by atoms with van der Waals surface area (Å²) in [7, 11) is 3.12. The van der Waals surface area contributed by atoms with Crippen LogP contribution < -0.4 is 14.8 Å². The number of aromatic nitrogens is 1. The largest absolute Gasteiger partial charge is 0.493 e. The van der Waals surface area contributed by atoms with E-state index < -0.39 is 0 Å². The molecule has 0 unspecified atom stereocenters. The van der Waals surface area contributed by atoms with Crippen molar-refractivity contribution >= 4 is 46.1 Å². The van der Waals surface area contributed by atoms with Gasteiger partial charge in [0.2, 0.25) is 5.91 Å². The molecule has 0 aliphatic carbocycles. The highest BCUT2D eigenvalue weighted by atomic mass is 35.5. The number of halogens is 2. The number of carbonyl (C=O) groups is 1. The summed E-state index contributed by atoms with van der Waals surface area (Å²) in [5, 5.41) is 6.46. The van der Waals surface area contributed by atoms with E-state index >= 15 is 0 Å². The quantitative estimate of drug-likeness (QED) is 0.544. The Hall–Kier alpha value is -2.28. The molecule has 146 valence electrons. The lowest BCUT2D eigenvalue weighted by molar-refractivity contribution is -0.115. The van der Waals surface area contributed by atoms with Gasteiger partial charge < -0.3 is 14.8 Å². The van der Waals surface area contributed by atoms with Gasteiger partial charge in [-0.25, -0.2) is 4.98 Å². The number of ether oxygens (including phenoxy) is 2. The second kappa shape index (κ2) is 8.82. The number of nitrogens with one attached hydrogen (secondary N) is 1. The van der Waals surface area contributed by atoms with Crippen LogP contribution in [0, 0.1) is 6.92 Å². The molecule has 1 heterocycles. The number of thiazole rings is 1. The van der Waals surface area contributed by atoms with E-state index in [9.17, 15) is 4.79 Å². The number of amides is 1. The highest BCUT2D eigenvalue weighted by molar-refractivity contribution is 7.13. The molecule has 0 spiro atoms. The molecule has 0 saturated heterocycles. The van der Waals surface area contributed by atoms with Gasteiger partial charge in [0.15, 0.2) is 11.5 Å².